The molecular formula is C14H15F3N2O10. The maximum Gasteiger partial charge on any atom is 0.490 e. The maximum atomic E-state index is 12.4. The fourth-order valence-electron chi connectivity index (χ4n) is 1.83. The first-order valence-corrected chi connectivity index (χ1v) is 7.47. The van der Waals surface area contributed by atoms with Crippen LogP contribution in [-0.2, 0) is 14.3 Å². The van der Waals surface area contributed by atoms with Crippen molar-refractivity contribution >= 4 is 17.6 Å². The Morgan fingerprint density at radius 2 is 1.55 bits per heavy atom. The first-order valence-electron chi connectivity index (χ1n) is 7.47. The average Bonchev–Trinajstić information content (AvgIpc) is 2.63. The normalized spacial score (nSPS) is 16.8. The molecule has 5 atom stereocenters. The Balaban J connectivity index is 3.09. The standard InChI is InChI=1S/C14H15F3N2O10/c15-14(16,17)13(25)29-10(8(21)7(20)9(22)11(18)23)12(24)28-6-3-1-5(2-4-6)19(26)27/h1-4,7-11,20-23H,18H2. The summed E-state index contributed by atoms with van der Waals surface area (Å²) in [7, 11) is 0. The van der Waals surface area contributed by atoms with E-state index in [4.69, 9.17) is 10.8 Å². The third-order valence-electron chi connectivity index (χ3n) is 3.32. The Morgan fingerprint density at radius 3 is 1.97 bits per heavy atom. The van der Waals surface area contributed by atoms with Crippen molar-refractivity contribution in [1.82, 2.24) is 0 Å². The van der Waals surface area contributed by atoms with Gasteiger partial charge in [-0.2, -0.15) is 13.2 Å². The van der Waals surface area contributed by atoms with Crippen LogP contribution in [0.2, 0.25) is 0 Å². The van der Waals surface area contributed by atoms with Gasteiger partial charge in [-0.25, -0.2) is 9.59 Å². The second-order valence-electron chi connectivity index (χ2n) is 5.46. The summed E-state index contributed by atoms with van der Waals surface area (Å²) >= 11 is 0. The molecule has 1 rings (SSSR count). The summed E-state index contributed by atoms with van der Waals surface area (Å²) in [5, 5.41) is 48.5. The van der Waals surface area contributed by atoms with Crippen LogP contribution in [0.3, 0.4) is 0 Å². The summed E-state index contributed by atoms with van der Waals surface area (Å²) in [6.45, 7) is 0. The fraction of sp³-hybridized carbons (Fsp3) is 0.429. The highest BCUT2D eigenvalue weighted by atomic mass is 19.4. The van der Waals surface area contributed by atoms with Gasteiger partial charge in [0.2, 0.25) is 6.10 Å². The van der Waals surface area contributed by atoms with Crippen LogP contribution in [0.25, 0.3) is 0 Å². The van der Waals surface area contributed by atoms with E-state index in [1.54, 1.807) is 0 Å². The van der Waals surface area contributed by atoms with Crippen molar-refractivity contribution in [2.24, 2.45) is 5.73 Å². The molecule has 0 aliphatic carbocycles. The Labute approximate surface area is 159 Å². The SMILES string of the molecule is NC(O)C(O)C(O)C(O)C(OC(=O)C(F)(F)F)C(=O)Oc1ccc([N+](=O)[O-])cc1. The lowest BCUT2D eigenvalue weighted by Crippen LogP contribution is -2.55. The Morgan fingerprint density at radius 1 is 1.03 bits per heavy atom. The van der Waals surface area contributed by atoms with Crippen molar-refractivity contribution < 1.29 is 57.6 Å². The summed E-state index contributed by atoms with van der Waals surface area (Å²) in [5.41, 5.74) is 4.44. The molecular weight excluding hydrogens is 413 g/mol. The van der Waals surface area contributed by atoms with Gasteiger partial charge in [0.05, 0.1) is 4.92 Å². The van der Waals surface area contributed by atoms with E-state index in [2.05, 4.69) is 9.47 Å². The van der Waals surface area contributed by atoms with Crippen LogP contribution >= 0.6 is 0 Å². The largest absolute Gasteiger partial charge is 0.490 e. The van der Waals surface area contributed by atoms with Gasteiger partial charge >= 0.3 is 18.1 Å². The molecule has 162 valence electrons. The molecule has 0 aliphatic rings. The van der Waals surface area contributed by atoms with Crippen LogP contribution in [0.15, 0.2) is 24.3 Å². The number of ether oxygens (including phenoxy) is 2. The number of rotatable bonds is 8. The van der Waals surface area contributed by atoms with Crippen molar-refractivity contribution in [3.63, 3.8) is 0 Å². The molecule has 29 heavy (non-hydrogen) atoms. The quantitative estimate of drug-likeness (QED) is 0.104. The van der Waals surface area contributed by atoms with Crippen molar-refractivity contribution in [3.05, 3.63) is 34.4 Å². The number of aliphatic hydroxyl groups excluding tert-OH is 4. The van der Waals surface area contributed by atoms with Crippen molar-refractivity contribution in [2.45, 2.75) is 36.8 Å². The van der Waals surface area contributed by atoms with Gasteiger partial charge in [0.15, 0.2) is 0 Å². The van der Waals surface area contributed by atoms with Crippen LogP contribution in [0, 0.1) is 10.1 Å². The van der Waals surface area contributed by atoms with Crippen LogP contribution in [0.4, 0.5) is 18.9 Å². The zero-order valence-corrected chi connectivity index (χ0v) is 14.1. The number of nitrogens with two attached hydrogens (primary N) is 1. The molecule has 0 saturated carbocycles. The third-order valence-corrected chi connectivity index (χ3v) is 3.32. The van der Waals surface area contributed by atoms with E-state index in [1.165, 1.54) is 0 Å². The number of hydrogen-bond acceptors (Lipinski definition) is 11. The lowest BCUT2D eigenvalue weighted by atomic mass is 10.0. The molecule has 0 heterocycles. The first kappa shape index (κ1) is 24.2. The predicted octanol–water partition coefficient (Wildman–Crippen LogP) is -1.67. The Hall–Kier alpha value is -2.85. The third kappa shape index (κ3) is 6.61. The number of alkyl halides is 3. The fourth-order valence-corrected chi connectivity index (χ4v) is 1.83. The number of aliphatic hydroxyl groups is 4. The highest BCUT2D eigenvalue weighted by Gasteiger charge is 2.47. The number of hydrogen-bond donors (Lipinski definition) is 5. The maximum absolute atomic E-state index is 12.4. The first-order chi connectivity index (χ1) is 13.3. The number of carbonyl (C=O) groups is 2. The number of nitro benzene ring substituents is 1. The molecule has 0 aromatic heterocycles. The van der Waals surface area contributed by atoms with Gasteiger partial charge in [-0.3, -0.25) is 10.1 Å². The van der Waals surface area contributed by atoms with Crippen LogP contribution < -0.4 is 10.5 Å². The molecule has 0 amide bonds. The molecule has 1 aromatic carbocycles. The lowest BCUT2D eigenvalue weighted by molar-refractivity contribution is -0.384. The highest BCUT2D eigenvalue weighted by Crippen LogP contribution is 2.22. The Bertz CT molecular complexity index is 740. The molecule has 15 heteroatoms. The predicted molar refractivity (Wildman–Crippen MR) is 82.9 cm³/mol. The summed E-state index contributed by atoms with van der Waals surface area (Å²) in [6.07, 6.45) is -18.2. The van der Waals surface area contributed by atoms with E-state index in [0.717, 1.165) is 24.3 Å². The van der Waals surface area contributed by atoms with Gasteiger partial charge in [-0.05, 0) is 12.1 Å². The van der Waals surface area contributed by atoms with Crippen molar-refractivity contribution in [3.8, 4) is 5.75 Å². The minimum Gasteiger partial charge on any atom is -0.441 e. The van der Waals surface area contributed by atoms with Crippen LogP contribution in [0.1, 0.15) is 0 Å². The number of nitro groups is 1. The second-order valence-corrected chi connectivity index (χ2v) is 5.46. The number of carbonyl (C=O) groups excluding carboxylic acids is 2. The molecule has 0 spiro atoms. The smallest absolute Gasteiger partial charge is 0.441 e. The molecule has 0 fully saturated rings. The lowest BCUT2D eigenvalue weighted by Gasteiger charge is -2.29. The molecule has 12 nitrogen and oxygen atoms in total. The topological polar surface area (TPSA) is 203 Å². The molecule has 6 N–H and O–H groups in total. The summed E-state index contributed by atoms with van der Waals surface area (Å²) < 4.78 is 45.7. The molecule has 0 bridgehead atoms. The van der Waals surface area contributed by atoms with Crippen LogP contribution in [-0.4, -0.2) is 74.1 Å². The van der Waals surface area contributed by atoms with Gasteiger partial charge in [-0.15, -0.1) is 0 Å². The van der Waals surface area contributed by atoms with E-state index in [0.29, 0.717) is 0 Å². The van der Waals surface area contributed by atoms with Gasteiger partial charge in [0.1, 0.15) is 30.3 Å². The number of halogens is 3. The van der Waals surface area contributed by atoms with Crippen LogP contribution in [0.5, 0.6) is 5.75 Å². The summed E-state index contributed by atoms with van der Waals surface area (Å²) in [6, 6.07) is 3.50. The van der Waals surface area contributed by atoms with Crippen molar-refractivity contribution in [1.29, 1.82) is 0 Å². The molecule has 0 saturated heterocycles. The number of nitrogens with zero attached hydrogens (tertiary/aromatic N) is 1. The molecule has 1 aromatic rings. The summed E-state index contributed by atoms with van der Waals surface area (Å²) in [4.78, 5) is 32.9. The average molecular weight is 428 g/mol. The zero-order valence-electron chi connectivity index (χ0n) is 14.1. The second kappa shape index (κ2) is 9.57. The number of esters is 2. The minimum atomic E-state index is -5.59. The van der Waals surface area contributed by atoms with E-state index in [9.17, 15) is 48.2 Å². The number of non-ortho nitro benzene ring substituents is 1. The monoisotopic (exact) mass is 428 g/mol. The molecule has 0 aliphatic heterocycles. The van der Waals surface area contributed by atoms with E-state index in [1.807, 2.05) is 0 Å². The molecule has 0 radical (unpaired) electrons. The van der Waals surface area contributed by atoms with Gasteiger partial charge in [0.25, 0.3) is 5.69 Å². The zero-order chi connectivity index (χ0) is 22.5. The minimum absolute atomic E-state index is 0.416. The van der Waals surface area contributed by atoms with E-state index < -0.39 is 65.1 Å². The molecule has 5 unspecified atom stereocenters. The Kier molecular flexibility index (Phi) is 7.98. The van der Waals surface area contributed by atoms with Crippen molar-refractivity contribution in [2.75, 3.05) is 0 Å². The summed E-state index contributed by atoms with van der Waals surface area (Å²) in [5.74, 6) is -5.21. The van der Waals surface area contributed by atoms with Gasteiger partial charge in [0, 0.05) is 12.1 Å². The van der Waals surface area contributed by atoms with E-state index in [-0.39, 0.29) is 0 Å². The highest BCUT2D eigenvalue weighted by molar-refractivity contribution is 5.83. The van der Waals surface area contributed by atoms with Gasteiger partial charge in [-0.1, -0.05) is 0 Å². The number of benzene rings is 1. The van der Waals surface area contributed by atoms with Gasteiger partial charge < -0.3 is 35.6 Å². The van der Waals surface area contributed by atoms with E-state index >= 15 is 0 Å².